The number of aromatic amines is 1. The fraction of sp³-hybridized carbons (Fsp3) is 0.143. The number of imidazole rings is 1. The van der Waals surface area contributed by atoms with Crippen LogP contribution < -0.4 is 0 Å². The maximum absolute atomic E-state index is 14.3. The summed E-state index contributed by atoms with van der Waals surface area (Å²) in [5.41, 5.74) is 2.97. The number of aromatic nitrogens is 7. The summed E-state index contributed by atoms with van der Waals surface area (Å²) in [6, 6.07) is 7.43. The van der Waals surface area contributed by atoms with E-state index in [1.165, 1.54) is 10.6 Å². The summed E-state index contributed by atoms with van der Waals surface area (Å²) >= 11 is 0. The Kier molecular flexibility index (Phi) is 4.06. The van der Waals surface area contributed by atoms with E-state index in [-0.39, 0.29) is 11.8 Å². The second-order valence-corrected chi connectivity index (χ2v) is 7.33. The predicted molar refractivity (Wildman–Crippen MR) is 108 cm³/mol. The number of fused-ring (bicyclic) bond motifs is 2. The number of rotatable bonds is 3. The first-order chi connectivity index (χ1) is 15.7. The molecule has 1 aliphatic heterocycles. The molecule has 0 aliphatic carbocycles. The van der Waals surface area contributed by atoms with Crippen LogP contribution in [0, 0.1) is 5.82 Å². The van der Waals surface area contributed by atoms with Gasteiger partial charge in [-0.25, -0.2) is 13.9 Å². The van der Waals surface area contributed by atoms with E-state index in [4.69, 9.17) is 4.42 Å². The van der Waals surface area contributed by atoms with Gasteiger partial charge >= 0.3 is 11.8 Å². The molecule has 0 radical (unpaired) electrons. The number of amides is 1. The highest BCUT2D eigenvalue weighted by Gasteiger charge is 2.38. The summed E-state index contributed by atoms with van der Waals surface area (Å²) in [6.45, 7) is 0.375. The SMILES string of the molecule is O=C(c1nnc(-c2cccnc2)o1)N1CCc2[nH]cnc2[C@@H]1c1cc2c(F)cccn2n1. The zero-order valence-electron chi connectivity index (χ0n) is 16.5. The van der Waals surface area contributed by atoms with Gasteiger partial charge in [-0.15, -0.1) is 10.2 Å². The number of nitrogens with one attached hydrogen (secondary N) is 1. The van der Waals surface area contributed by atoms with Crippen molar-refractivity contribution in [2.45, 2.75) is 12.5 Å². The third-order valence-corrected chi connectivity index (χ3v) is 5.45. The molecule has 0 saturated carbocycles. The van der Waals surface area contributed by atoms with Gasteiger partial charge in [0.05, 0.1) is 23.3 Å². The van der Waals surface area contributed by atoms with E-state index in [1.54, 1.807) is 54.1 Å². The van der Waals surface area contributed by atoms with Gasteiger partial charge in [-0.2, -0.15) is 5.10 Å². The lowest BCUT2D eigenvalue weighted by Gasteiger charge is -2.32. The van der Waals surface area contributed by atoms with Gasteiger partial charge in [0.15, 0.2) is 0 Å². The Morgan fingerprint density at radius 3 is 3.03 bits per heavy atom. The largest absolute Gasteiger partial charge is 0.412 e. The number of carbonyl (C=O) groups excluding carboxylic acids is 1. The average molecular weight is 430 g/mol. The highest BCUT2D eigenvalue weighted by Crippen LogP contribution is 2.34. The fourth-order valence-corrected chi connectivity index (χ4v) is 3.97. The number of halogens is 1. The second-order valence-electron chi connectivity index (χ2n) is 7.33. The van der Waals surface area contributed by atoms with Crippen molar-refractivity contribution in [2.24, 2.45) is 0 Å². The summed E-state index contributed by atoms with van der Waals surface area (Å²) < 4.78 is 21.4. The van der Waals surface area contributed by atoms with Crippen molar-refractivity contribution >= 4 is 11.4 Å². The lowest BCUT2D eigenvalue weighted by Crippen LogP contribution is -2.41. The lowest BCUT2D eigenvalue weighted by atomic mass is 9.99. The van der Waals surface area contributed by atoms with Crippen LogP contribution in [0.4, 0.5) is 4.39 Å². The number of hydrogen-bond acceptors (Lipinski definition) is 7. The standard InChI is InChI=1S/C21H15FN8O2/c22-13-4-2-7-30-16(13)9-15(28-30)18-17-14(24-11-25-17)5-8-29(18)21(31)20-27-26-19(32-20)12-3-1-6-23-10-12/h1-4,6-7,9-11,18H,5,8H2,(H,24,25)/t18-/m0/s1. The Hall–Kier alpha value is -4.41. The zero-order chi connectivity index (χ0) is 21.7. The lowest BCUT2D eigenvalue weighted by molar-refractivity contribution is 0.0646. The van der Waals surface area contributed by atoms with E-state index in [1.807, 2.05) is 0 Å². The van der Waals surface area contributed by atoms with Crippen LogP contribution in [-0.4, -0.2) is 52.1 Å². The monoisotopic (exact) mass is 430 g/mol. The molecule has 6 rings (SSSR count). The van der Waals surface area contributed by atoms with Crippen LogP contribution >= 0.6 is 0 Å². The van der Waals surface area contributed by atoms with Gasteiger partial charge in [0.1, 0.15) is 17.4 Å². The molecule has 158 valence electrons. The molecule has 1 atom stereocenters. The number of carbonyl (C=O) groups is 1. The molecule has 32 heavy (non-hydrogen) atoms. The van der Waals surface area contributed by atoms with Gasteiger partial charge in [-0.3, -0.25) is 9.78 Å². The molecule has 0 aromatic carbocycles. The molecule has 0 fully saturated rings. The minimum Gasteiger partial charge on any atom is -0.412 e. The van der Waals surface area contributed by atoms with Crippen LogP contribution in [0.1, 0.15) is 33.8 Å². The quantitative estimate of drug-likeness (QED) is 0.467. The smallest absolute Gasteiger partial charge is 0.312 e. The van der Waals surface area contributed by atoms with Gasteiger partial charge in [0.25, 0.3) is 0 Å². The van der Waals surface area contributed by atoms with E-state index in [2.05, 4.69) is 30.2 Å². The Bertz CT molecular complexity index is 1440. The minimum absolute atomic E-state index is 0.150. The third kappa shape index (κ3) is 2.86. The Labute approximate surface area is 179 Å². The van der Waals surface area contributed by atoms with Gasteiger partial charge in [0, 0.05) is 37.3 Å². The van der Waals surface area contributed by atoms with Gasteiger partial charge in [-0.05, 0) is 30.3 Å². The first-order valence-corrected chi connectivity index (χ1v) is 9.90. The molecule has 5 aromatic heterocycles. The molecular weight excluding hydrogens is 415 g/mol. The van der Waals surface area contributed by atoms with Gasteiger partial charge < -0.3 is 14.3 Å². The Morgan fingerprint density at radius 2 is 2.19 bits per heavy atom. The summed E-state index contributed by atoms with van der Waals surface area (Å²) in [6.07, 6.45) is 7.01. The van der Waals surface area contributed by atoms with Crippen molar-refractivity contribution in [2.75, 3.05) is 6.54 Å². The number of pyridine rings is 2. The number of H-pyrrole nitrogens is 1. The molecule has 6 heterocycles. The second kappa shape index (κ2) is 7.08. The molecule has 5 aromatic rings. The predicted octanol–water partition coefficient (Wildman–Crippen LogP) is 2.43. The van der Waals surface area contributed by atoms with Crippen molar-refractivity contribution < 1.29 is 13.6 Å². The third-order valence-electron chi connectivity index (χ3n) is 5.45. The van der Waals surface area contributed by atoms with E-state index in [9.17, 15) is 9.18 Å². The first-order valence-electron chi connectivity index (χ1n) is 9.90. The van der Waals surface area contributed by atoms with Crippen LogP contribution in [-0.2, 0) is 6.42 Å². The minimum atomic E-state index is -0.634. The van der Waals surface area contributed by atoms with Crippen LogP contribution in [0.5, 0.6) is 0 Å². The molecule has 0 spiro atoms. The molecule has 0 saturated heterocycles. The van der Waals surface area contributed by atoms with Crippen molar-refractivity contribution in [3.8, 4) is 11.5 Å². The van der Waals surface area contributed by atoms with E-state index >= 15 is 0 Å². The maximum atomic E-state index is 14.3. The molecule has 1 N–H and O–H groups in total. The molecular formula is C21H15FN8O2. The maximum Gasteiger partial charge on any atom is 0.312 e. The molecule has 0 unspecified atom stereocenters. The Morgan fingerprint density at radius 1 is 1.25 bits per heavy atom. The topological polar surface area (TPSA) is 118 Å². The molecule has 10 nitrogen and oxygen atoms in total. The van der Waals surface area contributed by atoms with Crippen LogP contribution in [0.25, 0.3) is 17.0 Å². The summed E-state index contributed by atoms with van der Waals surface area (Å²) in [7, 11) is 0. The van der Waals surface area contributed by atoms with E-state index in [0.29, 0.717) is 35.4 Å². The normalized spacial score (nSPS) is 15.8. The number of nitrogens with zero attached hydrogens (tertiary/aromatic N) is 7. The summed E-state index contributed by atoms with van der Waals surface area (Å²) in [5.74, 6) is -0.808. The van der Waals surface area contributed by atoms with Crippen molar-refractivity contribution in [3.63, 3.8) is 0 Å². The highest BCUT2D eigenvalue weighted by atomic mass is 19.1. The summed E-state index contributed by atoms with van der Waals surface area (Å²) in [4.78, 5) is 26.5. The van der Waals surface area contributed by atoms with Crippen LogP contribution in [0.15, 0.2) is 59.7 Å². The molecule has 11 heteroatoms. The van der Waals surface area contributed by atoms with Crippen molar-refractivity contribution in [1.82, 2.24) is 39.7 Å². The van der Waals surface area contributed by atoms with E-state index in [0.717, 1.165) is 5.69 Å². The van der Waals surface area contributed by atoms with Crippen LogP contribution in [0.3, 0.4) is 0 Å². The highest BCUT2D eigenvalue weighted by molar-refractivity contribution is 5.90. The van der Waals surface area contributed by atoms with E-state index < -0.39 is 17.8 Å². The van der Waals surface area contributed by atoms with Gasteiger partial charge in [0.2, 0.25) is 5.89 Å². The molecule has 0 bridgehead atoms. The van der Waals surface area contributed by atoms with Gasteiger partial charge in [-0.1, -0.05) is 0 Å². The Balaban J connectivity index is 1.41. The average Bonchev–Trinajstić information content (AvgIpc) is 3.58. The molecule has 1 aliphatic rings. The number of hydrogen-bond donors (Lipinski definition) is 1. The van der Waals surface area contributed by atoms with Crippen molar-refractivity contribution in [3.05, 3.63) is 84.0 Å². The molecule has 1 amide bonds. The van der Waals surface area contributed by atoms with Crippen LogP contribution in [0.2, 0.25) is 0 Å². The fourth-order valence-electron chi connectivity index (χ4n) is 3.97. The first kappa shape index (κ1) is 18.4. The summed E-state index contributed by atoms with van der Waals surface area (Å²) in [5, 5.41) is 12.4. The zero-order valence-corrected chi connectivity index (χ0v) is 16.5. The van der Waals surface area contributed by atoms with Crippen molar-refractivity contribution in [1.29, 1.82) is 0 Å².